The van der Waals surface area contributed by atoms with Gasteiger partial charge in [0.2, 0.25) is 11.8 Å². The second-order valence-electron chi connectivity index (χ2n) is 11.4. The van der Waals surface area contributed by atoms with Crippen molar-refractivity contribution in [1.29, 1.82) is 0 Å². The van der Waals surface area contributed by atoms with Gasteiger partial charge in [-0.15, -0.1) is 0 Å². The van der Waals surface area contributed by atoms with Gasteiger partial charge in [-0.25, -0.2) is 0 Å². The lowest BCUT2D eigenvalue weighted by atomic mass is 10.0. The Morgan fingerprint density at radius 3 is 1.47 bits per heavy atom. The van der Waals surface area contributed by atoms with Crippen LogP contribution in [0.3, 0.4) is 0 Å². The third-order valence-corrected chi connectivity index (χ3v) is 8.23. The first-order valence-corrected chi connectivity index (χ1v) is 15.2. The molecule has 2 aliphatic carbocycles. The van der Waals surface area contributed by atoms with Crippen molar-refractivity contribution >= 4 is 34.8 Å². The Kier molecular flexibility index (Phi) is 7.60. The van der Waals surface area contributed by atoms with Gasteiger partial charge in [0.1, 0.15) is 22.9 Å². The normalized spacial score (nSPS) is 11.9. The number of fused-ring (bicyclic) bond motifs is 6. The van der Waals surface area contributed by atoms with Crippen LogP contribution in [0.15, 0.2) is 84.9 Å². The number of amides is 2. The van der Waals surface area contributed by atoms with E-state index >= 15 is 0 Å². The molecule has 5 N–H and O–H groups in total. The predicted molar refractivity (Wildman–Crippen MR) is 183 cm³/mol. The van der Waals surface area contributed by atoms with Gasteiger partial charge in [-0.05, 0) is 60.7 Å². The molecule has 0 saturated carbocycles. The first kappa shape index (κ1) is 30.8. The number of phenolic OH excluding ortho intramolecular Hbond substituents is 1. The van der Waals surface area contributed by atoms with Crippen LogP contribution in [0, 0.1) is 0 Å². The number of H-pyrrole nitrogens is 2. The highest BCUT2D eigenvalue weighted by molar-refractivity contribution is 6.28. The summed E-state index contributed by atoms with van der Waals surface area (Å²) in [6, 6.07) is 24.6. The van der Waals surface area contributed by atoms with Crippen molar-refractivity contribution in [3.63, 3.8) is 0 Å². The first-order valence-electron chi connectivity index (χ1n) is 15.2. The van der Waals surface area contributed by atoms with Gasteiger partial charge < -0.3 is 20.5 Å². The lowest BCUT2D eigenvalue weighted by molar-refractivity contribution is -0.115. The van der Waals surface area contributed by atoms with Gasteiger partial charge in [0.15, 0.2) is 11.6 Å². The average Bonchev–Trinajstić information content (AvgIpc) is 3.85. The molecule has 2 heterocycles. The van der Waals surface area contributed by atoms with Gasteiger partial charge in [-0.3, -0.25) is 29.4 Å². The lowest BCUT2D eigenvalue weighted by Gasteiger charge is -2.08. The SMILES string of the molecule is CC(=O)Nc1cccc2c1C(=O)c1c(-c3ccc(O)cc3)n[nH]c1-2.COc1ccc(-c2n[nH]c3c2C(=O)c2c(NC(C)=O)cccc2-3)cc1. The summed E-state index contributed by atoms with van der Waals surface area (Å²) in [4.78, 5) is 48.8. The Morgan fingerprint density at radius 1 is 0.633 bits per heavy atom. The molecular weight excluding hydrogens is 624 g/mol. The summed E-state index contributed by atoms with van der Waals surface area (Å²) in [5, 5.41) is 29.3. The number of aromatic amines is 2. The van der Waals surface area contributed by atoms with E-state index in [0.717, 1.165) is 28.0 Å². The van der Waals surface area contributed by atoms with Crippen molar-refractivity contribution in [3.8, 4) is 56.5 Å². The second-order valence-corrected chi connectivity index (χ2v) is 11.4. The number of nitrogens with one attached hydrogen (secondary N) is 4. The van der Waals surface area contributed by atoms with Crippen LogP contribution < -0.4 is 15.4 Å². The number of nitrogens with zero attached hydrogens (tertiary/aromatic N) is 2. The summed E-state index contributed by atoms with van der Waals surface area (Å²) in [6.07, 6.45) is 0. The number of aromatic nitrogens is 4. The molecule has 6 aromatic rings. The highest BCUT2D eigenvalue weighted by Gasteiger charge is 2.36. The van der Waals surface area contributed by atoms with Gasteiger partial charge in [0.05, 0.1) is 52.1 Å². The number of methoxy groups -OCH3 is 1. The maximum atomic E-state index is 13.0. The molecule has 8 rings (SSSR count). The van der Waals surface area contributed by atoms with Gasteiger partial charge in [-0.2, -0.15) is 10.2 Å². The zero-order valence-corrected chi connectivity index (χ0v) is 26.5. The van der Waals surface area contributed by atoms with E-state index in [1.54, 1.807) is 55.6 Å². The number of rotatable bonds is 5. The van der Waals surface area contributed by atoms with E-state index in [4.69, 9.17) is 4.74 Å². The number of aromatic hydroxyl groups is 1. The minimum Gasteiger partial charge on any atom is -0.508 e. The number of hydrogen-bond acceptors (Lipinski definition) is 8. The van der Waals surface area contributed by atoms with Crippen molar-refractivity contribution in [2.24, 2.45) is 0 Å². The molecule has 49 heavy (non-hydrogen) atoms. The molecule has 0 fully saturated rings. The van der Waals surface area contributed by atoms with Crippen LogP contribution in [-0.2, 0) is 9.59 Å². The standard InChI is InChI=1S/C19H15N3O3.C18H13N3O3/c1-10(23)20-14-5-3-4-13-15(14)19(24)16-17(21-22-18(13)16)11-6-8-12(25-2)9-7-11;1-9(22)19-13-4-2-3-12-14(13)18(24)15-16(20-21-17(12)15)10-5-7-11(23)8-6-10/h3-9H,1-2H3,(H,20,23)(H,21,22);2-8,23H,1H3,(H,19,22)(H,20,21). The number of ketones is 2. The Balaban J connectivity index is 0.000000154. The number of hydrogen-bond donors (Lipinski definition) is 5. The molecule has 0 bridgehead atoms. The molecule has 12 nitrogen and oxygen atoms in total. The van der Waals surface area contributed by atoms with Crippen molar-refractivity contribution < 1.29 is 29.0 Å². The topological polar surface area (TPSA) is 179 Å². The first-order chi connectivity index (χ1) is 23.7. The highest BCUT2D eigenvalue weighted by Crippen LogP contribution is 2.44. The molecule has 0 atom stereocenters. The van der Waals surface area contributed by atoms with Crippen LogP contribution in [0.2, 0.25) is 0 Å². The maximum Gasteiger partial charge on any atom is 0.221 e. The predicted octanol–water partition coefficient (Wildman–Crippen LogP) is 6.21. The monoisotopic (exact) mass is 652 g/mol. The van der Waals surface area contributed by atoms with Crippen LogP contribution in [0.1, 0.15) is 45.7 Å². The number of anilines is 2. The molecule has 242 valence electrons. The summed E-state index contributed by atoms with van der Waals surface area (Å²) in [5.74, 6) is 0.107. The van der Waals surface area contributed by atoms with E-state index < -0.39 is 0 Å². The van der Waals surface area contributed by atoms with Crippen molar-refractivity contribution in [2.75, 3.05) is 17.7 Å². The van der Waals surface area contributed by atoms with Gasteiger partial charge in [-0.1, -0.05) is 24.3 Å². The van der Waals surface area contributed by atoms with E-state index in [0.29, 0.717) is 56.4 Å². The summed E-state index contributed by atoms with van der Waals surface area (Å²) < 4.78 is 5.17. The highest BCUT2D eigenvalue weighted by atomic mass is 16.5. The Morgan fingerprint density at radius 2 is 1.06 bits per heavy atom. The van der Waals surface area contributed by atoms with Crippen LogP contribution in [0.5, 0.6) is 11.5 Å². The molecule has 12 heteroatoms. The molecule has 0 saturated heterocycles. The van der Waals surface area contributed by atoms with Crippen molar-refractivity contribution in [1.82, 2.24) is 20.4 Å². The van der Waals surface area contributed by atoms with Gasteiger partial charge in [0.25, 0.3) is 0 Å². The largest absolute Gasteiger partial charge is 0.508 e. The minimum atomic E-state index is -0.233. The summed E-state index contributed by atoms with van der Waals surface area (Å²) in [6.45, 7) is 2.82. The van der Waals surface area contributed by atoms with E-state index in [-0.39, 0.29) is 29.1 Å². The van der Waals surface area contributed by atoms with E-state index in [1.165, 1.54) is 13.8 Å². The number of phenols is 1. The average molecular weight is 653 g/mol. The molecule has 0 radical (unpaired) electrons. The van der Waals surface area contributed by atoms with Crippen molar-refractivity contribution in [3.05, 3.63) is 107 Å². The third-order valence-electron chi connectivity index (χ3n) is 8.23. The minimum absolute atomic E-state index is 0.145. The molecule has 2 aliphatic rings. The Bertz CT molecular complexity index is 2320. The zero-order chi connectivity index (χ0) is 34.4. The molecule has 2 amide bonds. The zero-order valence-electron chi connectivity index (χ0n) is 26.5. The van der Waals surface area contributed by atoms with Crippen LogP contribution in [0.25, 0.3) is 45.0 Å². The molecular formula is C37H28N6O6. The Hall–Kier alpha value is -6.82. The molecule has 4 aromatic carbocycles. The fourth-order valence-corrected chi connectivity index (χ4v) is 6.15. The number of benzene rings is 4. The van der Waals surface area contributed by atoms with E-state index in [1.807, 2.05) is 36.4 Å². The van der Waals surface area contributed by atoms with Crippen molar-refractivity contribution in [2.45, 2.75) is 13.8 Å². The smallest absolute Gasteiger partial charge is 0.221 e. The van der Waals surface area contributed by atoms with Crippen LogP contribution >= 0.6 is 0 Å². The third kappa shape index (κ3) is 5.30. The van der Waals surface area contributed by atoms with Gasteiger partial charge >= 0.3 is 0 Å². The van der Waals surface area contributed by atoms with E-state index in [9.17, 15) is 24.3 Å². The molecule has 0 unspecified atom stereocenters. The summed E-state index contributed by atoms with van der Waals surface area (Å²) >= 11 is 0. The van der Waals surface area contributed by atoms with Gasteiger partial charge in [0, 0.05) is 36.1 Å². The summed E-state index contributed by atoms with van der Waals surface area (Å²) in [5.41, 5.74) is 8.44. The lowest BCUT2D eigenvalue weighted by Crippen LogP contribution is -2.10. The quantitative estimate of drug-likeness (QED) is 0.146. The Labute approximate surface area is 279 Å². The number of carbonyl (C=O) groups excluding carboxylic acids is 4. The fourth-order valence-electron chi connectivity index (χ4n) is 6.15. The molecule has 2 aromatic heterocycles. The molecule has 0 aliphatic heterocycles. The van der Waals surface area contributed by atoms with Crippen LogP contribution in [0.4, 0.5) is 11.4 Å². The number of carbonyl (C=O) groups is 4. The van der Waals surface area contributed by atoms with E-state index in [2.05, 4.69) is 31.0 Å². The summed E-state index contributed by atoms with van der Waals surface area (Å²) in [7, 11) is 1.60. The fraction of sp³-hybridized carbons (Fsp3) is 0.0811. The molecule has 0 spiro atoms. The number of ether oxygens (including phenoxy) is 1. The van der Waals surface area contributed by atoms with Crippen LogP contribution in [-0.4, -0.2) is 56.0 Å². The maximum absolute atomic E-state index is 13.0. The second kappa shape index (κ2) is 12.1.